The molecule has 0 unspecified atom stereocenters. The first-order valence-electron chi connectivity index (χ1n) is 8.90. The van der Waals surface area contributed by atoms with E-state index in [1.807, 2.05) is 6.92 Å². The zero-order valence-corrected chi connectivity index (χ0v) is 20.2. The molecule has 33 heavy (non-hydrogen) atoms. The fourth-order valence-corrected chi connectivity index (χ4v) is 2.79. The van der Waals surface area contributed by atoms with Gasteiger partial charge in [-0.3, -0.25) is 0 Å². The van der Waals surface area contributed by atoms with Gasteiger partial charge in [-0.05, 0) is 39.0 Å². The number of pyridine rings is 3. The van der Waals surface area contributed by atoms with Gasteiger partial charge in [0.2, 0.25) is 23.7 Å². The van der Waals surface area contributed by atoms with E-state index in [9.17, 15) is 13.2 Å². The number of nitrogen functional groups attached to an aromatic ring is 2. The second kappa shape index (κ2) is 13.2. The average Bonchev–Trinajstić information content (AvgIpc) is 2.76. The van der Waals surface area contributed by atoms with E-state index in [1.165, 1.54) is 19.1 Å². The van der Waals surface area contributed by atoms with Gasteiger partial charge >= 0.3 is 0 Å². The quantitative estimate of drug-likeness (QED) is 0.210. The summed E-state index contributed by atoms with van der Waals surface area (Å²) >= 11 is 16.7. The first-order valence-corrected chi connectivity index (χ1v) is 10.0. The van der Waals surface area contributed by atoms with E-state index < -0.39 is 17.8 Å². The van der Waals surface area contributed by atoms with Gasteiger partial charge in [0.15, 0.2) is 11.6 Å². The van der Waals surface area contributed by atoms with Crippen molar-refractivity contribution in [2.45, 2.75) is 20.8 Å². The van der Waals surface area contributed by atoms with Gasteiger partial charge in [0.25, 0.3) is 0 Å². The molecule has 3 aromatic rings. The highest BCUT2D eigenvalue weighted by atomic mass is 35.5. The summed E-state index contributed by atoms with van der Waals surface area (Å²) in [5.74, 6) is 8.91. The number of aromatic nitrogens is 3. The molecule has 0 bridgehead atoms. The van der Waals surface area contributed by atoms with Gasteiger partial charge in [-0.15, -0.1) is 0 Å². The summed E-state index contributed by atoms with van der Waals surface area (Å²) < 4.78 is 42.3. The fourth-order valence-electron chi connectivity index (χ4n) is 2.07. The molecule has 0 fully saturated rings. The summed E-state index contributed by atoms with van der Waals surface area (Å²) in [6, 6.07) is 4.39. The molecule has 0 aliphatic heterocycles. The van der Waals surface area contributed by atoms with Crippen LogP contribution in [-0.4, -0.2) is 22.1 Å². The molecule has 0 atom stereocenters. The Labute approximate surface area is 203 Å². The van der Waals surface area contributed by atoms with Crippen molar-refractivity contribution in [1.29, 1.82) is 0 Å². The van der Waals surface area contributed by atoms with Crippen molar-refractivity contribution in [2.24, 2.45) is 11.7 Å². The number of hydrazine groups is 2. The molecule has 14 heteroatoms. The van der Waals surface area contributed by atoms with Gasteiger partial charge in [0.05, 0.1) is 22.2 Å². The Bertz CT molecular complexity index is 1030. The largest absolute Gasteiger partial charge is 0.481 e. The number of nitrogens with two attached hydrogens (primary N) is 2. The minimum absolute atomic E-state index is 0.148. The van der Waals surface area contributed by atoms with Crippen LogP contribution in [-0.2, 0) is 0 Å². The van der Waals surface area contributed by atoms with Crippen LogP contribution in [0.15, 0.2) is 18.2 Å². The molecular formula is C19H21Cl3F3N7O. The highest BCUT2D eigenvalue weighted by Crippen LogP contribution is 2.25. The lowest BCUT2D eigenvalue weighted by molar-refractivity contribution is 0.395. The van der Waals surface area contributed by atoms with E-state index in [4.69, 9.17) is 51.2 Å². The Kier molecular flexibility index (Phi) is 11.4. The zero-order chi connectivity index (χ0) is 25.3. The number of hydrogen-bond acceptors (Lipinski definition) is 8. The number of ether oxygens (including phenoxy) is 1. The standard InChI is InChI=1S/C7H10ClN3O.C6H4ClF2N.C6H7ClFN3/c1-4-3-5(8)6(11-9)10-7(4)12-2;1-3-2-4(7)6(9)10-5(3)8;1-3-2-4(7)6(11-9)10-5(3)8/h3H,9H2,1-2H3,(H,10,11);2H,1H3;2H,9H2,1H3,(H,10,11). The lowest BCUT2D eigenvalue weighted by atomic mass is 10.3. The summed E-state index contributed by atoms with van der Waals surface area (Å²) in [7, 11) is 1.55. The zero-order valence-electron chi connectivity index (χ0n) is 17.9. The van der Waals surface area contributed by atoms with Crippen LogP contribution < -0.4 is 27.3 Å². The summed E-state index contributed by atoms with van der Waals surface area (Å²) in [5, 5.41) is 0.640. The van der Waals surface area contributed by atoms with E-state index in [-0.39, 0.29) is 16.4 Å². The molecule has 0 aliphatic rings. The molecule has 3 rings (SSSR count). The number of rotatable bonds is 3. The molecule has 3 heterocycles. The maximum absolute atomic E-state index is 12.7. The van der Waals surface area contributed by atoms with Crippen LogP contribution in [0.2, 0.25) is 15.1 Å². The Hall–Kier alpha value is -2.57. The van der Waals surface area contributed by atoms with Gasteiger partial charge < -0.3 is 15.6 Å². The molecule has 6 N–H and O–H groups in total. The van der Waals surface area contributed by atoms with Crippen LogP contribution in [0.1, 0.15) is 16.7 Å². The van der Waals surface area contributed by atoms with Crippen molar-refractivity contribution >= 4 is 46.4 Å². The molecule has 0 saturated carbocycles. The Morgan fingerprint density at radius 1 is 0.697 bits per heavy atom. The summed E-state index contributed by atoms with van der Waals surface area (Å²) in [4.78, 5) is 10.4. The van der Waals surface area contributed by atoms with E-state index in [1.54, 1.807) is 20.1 Å². The van der Waals surface area contributed by atoms with E-state index in [0.29, 0.717) is 27.3 Å². The van der Waals surface area contributed by atoms with E-state index in [2.05, 4.69) is 25.8 Å². The number of nitrogens with one attached hydrogen (secondary N) is 2. The van der Waals surface area contributed by atoms with E-state index >= 15 is 0 Å². The van der Waals surface area contributed by atoms with Crippen molar-refractivity contribution in [3.63, 3.8) is 0 Å². The number of nitrogens with zero attached hydrogens (tertiary/aromatic N) is 3. The van der Waals surface area contributed by atoms with Crippen molar-refractivity contribution in [1.82, 2.24) is 15.0 Å². The number of aryl methyl sites for hydroxylation is 3. The first-order chi connectivity index (χ1) is 15.4. The molecule has 180 valence electrons. The molecule has 3 aromatic heterocycles. The van der Waals surface area contributed by atoms with Crippen LogP contribution >= 0.6 is 34.8 Å². The third-order valence-electron chi connectivity index (χ3n) is 3.75. The smallest absolute Gasteiger partial charge is 0.234 e. The van der Waals surface area contributed by atoms with Crippen LogP contribution in [0, 0.1) is 38.6 Å². The van der Waals surface area contributed by atoms with Crippen molar-refractivity contribution in [3.05, 3.63) is 67.8 Å². The number of halogens is 6. The van der Waals surface area contributed by atoms with Gasteiger partial charge in [-0.25, -0.2) is 11.7 Å². The van der Waals surface area contributed by atoms with Gasteiger partial charge in [-0.2, -0.15) is 28.1 Å². The minimum atomic E-state index is -0.968. The highest BCUT2D eigenvalue weighted by Gasteiger charge is 2.07. The number of methoxy groups -OCH3 is 1. The predicted octanol–water partition coefficient (Wildman–Crippen LogP) is 5.13. The third-order valence-corrected chi connectivity index (χ3v) is 4.60. The maximum Gasteiger partial charge on any atom is 0.234 e. The van der Waals surface area contributed by atoms with Gasteiger partial charge in [0.1, 0.15) is 0 Å². The molecule has 0 amide bonds. The monoisotopic (exact) mass is 525 g/mol. The second-order valence-corrected chi connectivity index (χ2v) is 7.45. The number of anilines is 2. The van der Waals surface area contributed by atoms with Gasteiger partial charge in [0, 0.05) is 16.7 Å². The maximum atomic E-state index is 12.7. The predicted molar refractivity (Wildman–Crippen MR) is 124 cm³/mol. The van der Waals surface area contributed by atoms with Crippen molar-refractivity contribution in [3.8, 4) is 5.88 Å². The molecule has 0 radical (unpaired) electrons. The molecule has 0 aliphatic carbocycles. The topological polar surface area (TPSA) is 124 Å². The van der Waals surface area contributed by atoms with Gasteiger partial charge in [-0.1, -0.05) is 34.8 Å². The number of hydrogen-bond donors (Lipinski definition) is 4. The average molecular weight is 527 g/mol. The van der Waals surface area contributed by atoms with Crippen molar-refractivity contribution < 1.29 is 17.9 Å². The summed E-state index contributed by atoms with van der Waals surface area (Å²) in [6.07, 6.45) is 0. The molecular weight excluding hydrogens is 506 g/mol. The van der Waals surface area contributed by atoms with Crippen molar-refractivity contribution in [2.75, 3.05) is 18.0 Å². The lowest BCUT2D eigenvalue weighted by Crippen LogP contribution is -2.10. The van der Waals surface area contributed by atoms with Crippen LogP contribution in [0.3, 0.4) is 0 Å². The summed E-state index contributed by atoms with van der Waals surface area (Å²) in [5.41, 5.74) is 6.07. The van der Waals surface area contributed by atoms with Crippen LogP contribution in [0.25, 0.3) is 0 Å². The van der Waals surface area contributed by atoms with E-state index in [0.717, 1.165) is 5.56 Å². The normalized spacial score (nSPS) is 9.82. The highest BCUT2D eigenvalue weighted by molar-refractivity contribution is 6.33. The lowest BCUT2D eigenvalue weighted by Gasteiger charge is -2.07. The van der Waals surface area contributed by atoms with Crippen LogP contribution in [0.5, 0.6) is 5.88 Å². The molecule has 8 nitrogen and oxygen atoms in total. The SMILES string of the molecule is COc1nc(NN)c(Cl)cc1C.Cc1cc(Cl)c(F)nc1F.Cc1cc(Cl)c(NN)nc1F. The fraction of sp³-hybridized carbons (Fsp3) is 0.211. The van der Waals surface area contributed by atoms with Crippen LogP contribution in [0.4, 0.5) is 24.8 Å². The Morgan fingerprint density at radius 3 is 1.58 bits per heavy atom. The third kappa shape index (κ3) is 8.37. The first kappa shape index (κ1) is 28.5. The Morgan fingerprint density at radius 2 is 1.12 bits per heavy atom. The summed E-state index contributed by atoms with van der Waals surface area (Å²) in [6.45, 7) is 4.90. The second-order valence-electron chi connectivity index (χ2n) is 6.23. The molecule has 0 aromatic carbocycles. The molecule has 0 spiro atoms. The molecule has 0 saturated heterocycles. The minimum Gasteiger partial charge on any atom is -0.481 e. The Balaban J connectivity index is 0.000000249.